The second-order valence-corrected chi connectivity index (χ2v) is 3.91. The molecule has 0 radical (unpaired) electrons. The Labute approximate surface area is 56.4 Å². The van der Waals surface area contributed by atoms with Crippen molar-refractivity contribution in [2.45, 2.75) is 26.0 Å². The fraction of sp³-hybridized carbons (Fsp3) is 1.00. The summed E-state index contributed by atoms with van der Waals surface area (Å²) in [5.41, 5.74) is 0. The summed E-state index contributed by atoms with van der Waals surface area (Å²) >= 11 is 2.04. The van der Waals surface area contributed by atoms with Gasteiger partial charge in [-0.3, -0.25) is 0 Å². The minimum Gasteiger partial charge on any atom is -0.213 e. The number of hydrogen-bond acceptors (Lipinski definition) is 1. The second-order valence-electron chi connectivity index (χ2n) is 2.78. The van der Waals surface area contributed by atoms with Crippen LogP contribution < -0.4 is 0 Å². The Kier molecular flexibility index (Phi) is 2.30. The molecule has 0 aromatic carbocycles. The molecule has 1 saturated heterocycles. The SMILES string of the molecule is CSB1CCC(C)C1. The molecule has 1 fully saturated rings. The van der Waals surface area contributed by atoms with Crippen LogP contribution in [0.1, 0.15) is 13.3 Å². The van der Waals surface area contributed by atoms with Gasteiger partial charge in [-0.25, -0.2) is 11.6 Å². The van der Waals surface area contributed by atoms with Crippen molar-refractivity contribution in [3.05, 3.63) is 0 Å². The molecule has 0 N–H and O–H groups in total. The van der Waals surface area contributed by atoms with Gasteiger partial charge < -0.3 is 0 Å². The van der Waals surface area contributed by atoms with E-state index in [-0.39, 0.29) is 0 Å². The Morgan fingerprint density at radius 2 is 2.38 bits per heavy atom. The summed E-state index contributed by atoms with van der Waals surface area (Å²) in [6, 6.07) is 0. The zero-order valence-corrected chi connectivity index (χ0v) is 6.50. The van der Waals surface area contributed by atoms with Crippen molar-refractivity contribution >= 4 is 17.6 Å². The Morgan fingerprint density at radius 1 is 1.62 bits per heavy atom. The zero-order valence-electron chi connectivity index (χ0n) is 5.68. The second kappa shape index (κ2) is 2.81. The van der Waals surface area contributed by atoms with Gasteiger partial charge >= 0.3 is 0 Å². The molecule has 46 valence electrons. The van der Waals surface area contributed by atoms with Crippen molar-refractivity contribution in [2.75, 3.05) is 6.26 Å². The maximum absolute atomic E-state index is 2.36. The molecule has 0 aliphatic carbocycles. The molecule has 0 saturated carbocycles. The van der Waals surface area contributed by atoms with Crippen molar-refractivity contribution in [3.8, 4) is 0 Å². The first kappa shape index (κ1) is 6.53. The van der Waals surface area contributed by atoms with Crippen molar-refractivity contribution in [3.63, 3.8) is 0 Å². The third-order valence-corrected chi connectivity index (χ3v) is 3.07. The van der Waals surface area contributed by atoms with E-state index in [4.69, 9.17) is 0 Å². The summed E-state index contributed by atoms with van der Waals surface area (Å²) in [7, 11) is 0. The van der Waals surface area contributed by atoms with E-state index in [1.165, 1.54) is 19.1 Å². The largest absolute Gasteiger partial charge is 0.213 e. The van der Waals surface area contributed by atoms with Crippen LogP contribution in [0, 0.1) is 5.92 Å². The molecule has 1 rings (SSSR count). The van der Waals surface area contributed by atoms with E-state index in [2.05, 4.69) is 13.2 Å². The van der Waals surface area contributed by atoms with Gasteiger partial charge in [0.15, 0.2) is 0 Å². The van der Waals surface area contributed by atoms with Gasteiger partial charge in [-0.05, 0) is 6.26 Å². The quantitative estimate of drug-likeness (QED) is 0.488. The molecule has 0 spiro atoms. The summed E-state index contributed by atoms with van der Waals surface area (Å²) in [5.74, 6) is 2.00. The lowest BCUT2D eigenvalue weighted by Crippen LogP contribution is -1.98. The topological polar surface area (TPSA) is 0 Å². The van der Waals surface area contributed by atoms with E-state index < -0.39 is 0 Å². The van der Waals surface area contributed by atoms with Crippen molar-refractivity contribution in [1.82, 2.24) is 0 Å². The van der Waals surface area contributed by atoms with Crippen LogP contribution >= 0.6 is 11.6 Å². The first-order chi connectivity index (χ1) is 3.83. The van der Waals surface area contributed by atoms with Crippen molar-refractivity contribution < 1.29 is 0 Å². The molecule has 0 amide bonds. The molecule has 2 heteroatoms. The average molecular weight is 128 g/mol. The van der Waals surface area contributed by atoms with Gasteiger partial charge in [-0.2, -0.15) is 0 Å². The molecule has 1 aliphatic rings. The highest BCUT2D eigenvalue weighted by Crippen LogP contribution is 2.30. The van der Waals surface area contributed by atoms with E-state index in [0.29, 0.717) is 0 Å². The Balaban J connectivity index is 2.22. The highest BCUT2D eigenvalue weighted by atomic mass is 32.2. The Hall–Kier alpha value is 0.415. The number of hydrogen-bond donors (Lipinski definition) is 0. The third kappa shape index (κ3) is 1.44. The maximum Gasteiger partial charge on any atom is 0.209 e. The van der Waals surface area contributed by atoms with Crippen LogP contribution in [0.4, 0.5) is 0 Å². The van der Waals surface area contributed by atoms with Gasteiger partial charge in [-0.15, -0.1) is 0 Å². The Bertz CT molecular complexity index is 74.9. The minimum atomic E-state index is 0.991. The summed E-state index contributed by atoms with van der Waals surface area (Å²) in [4.78, 5) is 0. The van der Waals surface area contributed by atoms with E-state index in [1.807, 2.05) is 11.6 Å². The first-order valence-corrected chi connectivity index (χ1v) is 4.64. The van der Waals surface area contributed by atoms with Crippen LogP contribution in [0.3, 0.4) is 0 Å². The minimum absolute atomic E-state index is 0.991. The molecule has 1 atom stereocenters. The summed E-state index contributed by atoms with van der Waals surface area (Å²) < 4.78 is 0. The summed E-state index contributed by atoms with van der Waals surface area (Å²) in [5, 5.41) is 0. The zero-order chi connectivity index (χ0) is 5.98. The van der Waals surface area contributed by atoms with Gasteiger partial charge in [-0.1, -0.05) is 31.9 Å². The van der Waals surface area contributed by atoms with Gasteiger partial charge in [0.1, 0.15) is 0 Å². The molecule has 8 heavy (non-hydrogen) atoms. The normalized spacial score (nSPS) is 29.2. The fourth-order valence-corrected chi connectivity index (χ4v) is 2.26. The molecule has 0 nitrogen and oxygen atoms in total. The monoisotopic (exact) mass is 128 g/mol. The lowest BCUT2D eigenvalue weighted by atomic mass is 9.74. The molecule has 1 unspecified atom stereocenters. The standard InChI is InChI=1S/C6H13BS/c1-6-3-4-7(5-6)8-2/h6H,3-5H2,1-2H3. The smallest absolute Gasteiger partial charge is 0.209 e. The number of rotatable bonds is 1. The van der Waals surface area contributed by atoms with Crippen LogP contribution in [0.2, 0.25) is 12.6 Å². The molecule has 1 heterocycles. The molecule has 0 aromatic heterocycles. The van der Waals surface area contributed by atoms with E-state index >= 15 is 0 Å². The van der Waals surface area contributed by atoms with Crippen LogP contribution in [-0.4, -0.2) is 12.2 Å². The Morgan fingerprint density at radius 3 is 2.62 bits per heavy atom. The van der Waals surface area contributed by atoms with Crippen LogP contribution in [-0.2, 0) is 0 Å². The fourth-order valence-electron chi connectivity index (χ4n) is 1.37. The predicted octanol–water partition coefficient (Wildman–Crippen LogP) is 2.38. The summed E-state index contributed by atoms with van der Waals surface area (Å²) in [6.45, 7) is 2.36. The van der Waals surface area contributed by atoms with Crippen LogP contribution in [0.15, 0.2) is 0 Å². The predicted molar refractivity (Wildman–Crippen MR) is 42.7 cm³/mol. The van der Waals surface area contributed by atoms with Gasteiger partial charge in [0.2, 0.25) is 5.99 Å². The van der Waals surface area contributed by atoms with Gasteiger partial charge in [0.25, 0.3) is 0 Å². The molecule has 0 aromatic rings. The van der Waals surface area contributed by atoms with Gasteiger partial charge in [0, 0.05) is 0 Å². The summed E-state index contributed by atoms with van der Waals surface area (Å²) in [6.07, 6.45) is 6.61. The van der Waals surface area contributed by atoms with Crippen molar-refractivity contribution in [2.24, 2.45) is 5.92 Å². The van der Waals surface area contributed by atoms with E-state index in [1.54, 1.807) is 0 Å². The highest BCUT2D eigenvalue weighted by Gasteiger charge is 2.23. The lowest BCUT2D eigenvalue weighted by molar-refractivity contribution is 0.658. The maximum atomic E-state index is 2.36. The lowest BCUT2D eigenvalue weighted by Gasteiger charge is -1.97. The van der Waals surface area contributed by atoms with E-state index in [9.17, 15) is 0 Å². The highest BCUT2D eigenvalue weighted by molar-refractivity contribution is 8.25. The first-order valence-electron chi connectivity index (χ1n) is 3.35. The molecular weight excluding hydrogens is 115 g/mol. The van der Waals surface area contributed by atoms with Crippen LogP contribution in [0.5, 0.6) is 0 Å². The van der Waals surface area contributed by atoms with Crippen molar-refractivity contribution in [1.29, 1.82) is 0 Å². The molecule has 0 bridgehead atoms. The van der Waals surface area contributed by atoms with Crippen LogP contribution in [0.25, 0.3) is 0 Å². The third-order valence-electron chi connectivity index (χ3n) is 1.98. The molecule has 1 aliphatic heterocycles. The van der Waals surface area contributed by atoms with E-state index in [0.717, 1.165) is 11.9 Å². The molecular formula is C6H13BS. The average Bonchev–Trinajstić information content (AvgIpc) is 2.14. The van der Waals surface area contributed by atoms with Gasteiger partial charge in [0.05, 0.1) is 0 Å².